The van der Waals surface area contributed by atoms with Gasteiger partial charge in [-0.3, -0.25) is 0 Å². The second-order valence-corrected chi connectivity index (χ2v) is 5.64. The van der Waals surface area contributed by atoms with Crippen LogP contribution < -0.4 is 29.6 Å². The van der Waals surface area contributed by atoms with Crippen molar-refractivity contribution in [3.05, 3.63) is 47.5 Å². The first-order valence-electron chi connectivity index (χ1n) is 8.39. The van der Waals surface area contributed by atoms with E-state index in [2.05, 4.69) is 10.6 Å². The smallest absolute Gasteiger partial charge is 0.315 e. The first kappa shape index (κ1) is 17.7. The number of hydrogen-bond donors (Lipinski definition) is 2. The number of fused-ring (bicyclic) bond motifs is 1. The fourth-order valence-electron chi connectivity index (χ4n) is 2.57. The molecule has 0 aliphatic carbocycles. The molecular weight excluding hydrogens is 336 g/mol. The fraction of sp³-hybridized carbons (Fsp3) is 0.316. The van der Waals surface area contributed by atoms with E-state index in [1.54, 1.807) is 7.11 Å². The van der Waals surface area contributed by atoms with Crippen LogP contribution in [-0.2, 0) is 13.1 Å². The molecule has 3 rings (SSSR count). The van der Waals surface area contributed by atoms with Crippen LogP contribution in [0.4, 0.5) is 4.79 Å². The number of carbonyl (C=O) groups is 1. The number of hydrogen-bond acceptors (Lipinski definition) is 5. The lowest BCUT2D eigenvalue weighted by Crippen LogP contribution is -2.34. The van der Waals surface area contributed by atoms with Crippen molar-refractivity contribution in [1.82, 2.24) is 10.6 Å². The lowest BCUT2D eigenvalue weighted by molar-refractivity contribution is 0.174. The molecule has 26 heavy (non-hydrogen) atoms. The molecule has 1 heterocycles. The molecular formula is C19H22N2O5. The Hall–Kier alpha value is -3.09. The zero-order chi connectivity index (χ0) is 18.4. The number of benzene rings is 2. The van der Waals surface area contributed by atoms with E-state index in [-0.39, 0.29) is 12.8 Å². The maximum absolute atomic E-state index is 12.0. The number of ether oxygens (including phenoxy) is 4. The molecule has 0 saturated carbocycles. The summed E-state index contributed by atoms with van der Waals surface area (Å²) >= 11 is 0. The third-order valence-electron chi connectivity index (χ3n) is 3.87. The second-order valence-electron chi connectivity index (χ2n) is 5.64. The average molecular weight is 358 g/mol. The van der Waals surface area contributed by atoms with Crippen LogP contribution in [0.1, 0.15) is 18.1 Å². The molecule has 1 aliphatic heterocycles. The van der Waals surface area contributed by atoms with Crippen LogP contribution >= 0.6 is 0 Å². The van der Waals surface area contributed by atoms with Crippen LogP contribution in [-0.4, -0.2) is 26.5 Å². The Labute approximate surface area is 152 Å². The highest BCUT2D eigenvalue weighted by Gasteiger charge is 2.13. The van der Waals surface area contributed by atoms with Crippen molar-refractivity contribution in [2.45, 2.75) is 20.0 Å². The van der Waals surface area contributed by atoms with Crippen LogP contribution in [0, 0.1) is 0 Å². The van der Waals surface area contributed by atoms with Gasteiger partial charge in [-0.15, -0.1) is 0 Å². The Kier molecular flexibility index (Phi) is 5.68. The van der Waals surface area contributed by atoms with Gasteiger partial charge in [0.15, 0.2) is 23.0 Å². The quantitative estimate of drug-likeness (QED) is 0.796. The first-order valence-corrected chi connectivity index (χ1v) is 8.39. The molecule has 138 valence electrons. The standard InChI is InChI=1S/C19H22N2O5/c1-3-24-15-6-4-13(8-17(15)23-2)10-20-19(22)21-11-14-5-7-16-18(9-14)26-12-25-16/h4-9H,3,10-12H2,1-2H3,(H2,20,21,22). The molecule has 2 N–H and O–H groups in total. The van der Waals surface area contributed by atoms with Crippen molar-refractivity contribution in [3.8, 4) is 23.0 Å². The molecule has 0 radical (unpaired) electrons. The molecule has 2 aromatic carbocycles. The first-order chi connectivity index (χ1) is 12.7. The number of amides is 2. The molecule has 0 spiro atoms. The lowest BCUT2D eigenvalue weighted by Gasteiger charge is -2.12. The number of rotatable bonds is 7. The molecule has 2 aromatic rings. The van der Waals surface area contributed by atoms with E-state index < -0.39 is 0 Å². The van der Waals surface area contributed by atoms with Gasteiger partial charge in [0.2, 0.25) is 6.79 Å². The summed E-state index contributed by atoms with van der Waals surface area (Å²) in [6.45, 7) is 3.50. The van der Waals surface area contributed by atoms with Crippen LogP contribution in [0.25, 0.3) is 0 Å². The molecule has 0 aromatic heterocycles. The normalized spacial score (nSPS) is 11.8. The topological polar surface area (TPSA) is 78.1 Å². The lowest BCUT2D eigenvalue weighted by atomic mass is 10.2. The Balaban J connectivity index is 1.49. The van der Waals surface area contributed by atoms with Crippen molar-refractivity contribution in [2.24, 2.45) is 0 Å². The molecule has 7 heteroatoms. The molecule has 0 fully saturated rings. The highest BCUT2D eigenvalue weighted by molar-refractivity contribution is 5.73. The van der Waals surface area contributed by atoms with Gasteiger partial charge in [0, 0.05) is 13.1 Å². The van der Waals surface area contributed by atoms with Crippen molar-refractivity contribution in [1.29, 1.82) is 0 Å². The third-order valence-corrected chi connectivity index (χ3v) is 3.87. The van der Waals surface area contributed by atoms with Crippen molar-refractivity contribution >= 4 is 6.03 Å². The number of nitrogens with one attached hydrogen (secondary N) is 2. The highest BCUT2D eigenvalue weighted by Crippen LogP contribution is 2.32. The molecule has 0 unspecified atom stereocenters. The predicted octanol–water partition coefficient (Wildman–Crippen LogP) is 2.82. The third kappa shape index (κ3) is 4.30. The maximum Gasteiger partial charge on any atom is 0.315 e. The van der Waals surface area contributed by atoms with Gasteiger partial charge in [0.1, 0.15) is 0 Å². The summed E-state index contributed by atoms with van der Waals surface area (Å²) in [4.78, 5) is 12.0. The van der Waals surface area contributed by atoms with Gasteiger partial charge in [-0.2, -0.15) is 0 Å². The van der Waals surface area contributed by atoms with Gasteiger partial charge in [0.05, 0.1) is 13.7 Å². The van der Waals surface area contributed by atoms with Gasteiger partial charge in [-0.1, -0.05) is 12.1 Å². The largest absolute Gasteiger partial charge is 0.493 e. The van der Waals surface area contributed by atoms with E-state index in [0.29, 0.717) is 36.9 Å². The molecule has 7 nitrogen and oxygen atoms in total. The van der Waals surface area contributed by atoms with Gasteiger partial charge < -0.3 is 29.6 Å². The van der Waals surface area contributed by atoms with Crippen LogP contribution in [0.2, 0.25) is 0 Å². The van der Waals surface area contributed by atoms with Crippen molar-refractivity contribution in [2.75, 3.05) is 20.5 Å². The Morgan fingerprint density at radius 3 is 2.42 bits per heavy atom. The van der Waals surface area contributed by atoms with E-state index in [9.17, 15) is 4.79 Å². The summed E-state index contributed by atoms with van der Waals surface area (Å²) in [5, 5.41) is 5.64. The van der Waals surface area contributed by atoms with Gasteiger partial charge >= 0.3 is 6.03 Å². The van der Waals surface area contributed by atoms with E-state index in [0.717, 1.165) is 16.9 Å². The molecule has 0 atom stereocenters. The number of methoxy groups -OCH3 is 1. The van der Waals surface area contributed by atoms with Crippen LogP contribution in [0.5, 0.6) is 23.0 Å². The average Bonchev–Trinajstić information content (AvgIpc) is 3.13. The number of carbonyl (C=O) groups excluding carboxylic acids is 1. The maximum atomic E-state index is 12.0. The minimum Gasteiger partial charge on any atom is -0.493 e. The highest BCUT2D eigenvalue weighted by atomic mass is 16.7. The molecule has 0 saturated heterocycles. The summed E-state index contributed by atoms with van der Waals surface area (Å²) in [5.74, 6) is 2.76. The van der Waals surface area contributed by atoms with Crippen LogP contribution in [0.15, 0.2) is 36.4 Å². The minimum absolute atomic E-state index is 0.234. The zero-order valence-electron chi connectivity index (χ0n) is 14.8. The Bertz CT molecular complexity index is 779. The fourth-order valence-corrected chi connectivity index (χ4v) is 2.57. The monoisotopic (exact) mass is 358 g/mol. The molecule has 0 bridgehead atoms. The zero-order valence-corrected chi connectivity index (χ0v) is 14.8. The van der Waals surface area contributed by atoms with Gasteiger partial charge in [-0.25, -0.2) is 4.79 Å². The SMILES string of the molecule is CCOc1ccc(CNC(=O)NCc2ccc3c(c2)OCO3)cc1OC. The summed E-state index contributed by atoms with van der Waals surface area (Å²) in [5.41, 5.74) is 1.86. The second kappa shape index (κ2) is 8.33. The van der Waals surface area contributed by atoms with Crippen molar-refractivity contribution < 1.29 is 23.7 Å². The summed E-state index contributed by atoms with van der Waals surface area (Å²) in [6, 6.07) is 10.9. The van der Waals surface area contributed by atoms with Gasteiger partial charge in [-0.05, 0) is 42.3 Å². The van der Waals surface area contributed by atoms with Crippen molar-refractivity contribution in [3.63, 3.8) is 0 Å². The van der Waals surface area contributed by atoms with Gasteiger partial charge in [0.25, 0.3) is 0 Å². The molecule has 1 aliphatic rings. The van der Waals surface area contributed by atoms with E-state index in [1.165, 1.54) is 0 Å². The number of urea groups is 1. The summed E-state index contributed by atoms with van der Waals surface area (Å²) < 4.78 is 21.4. The van der Waals surface area contributed by atoms with E-state index >= 15 is 0 Å². The Morgan fingerprint density at radius 1 is 1.00 bits per heavy atom. The van der Waals surface area contributed by atoms with E-state index in [4.69, 9.17) is 18.9 Å². The Morgan fingerprint density at radius 2 is 1.69 bits per heavy atom. The van der Waals surface area contributed by atoms with Crippen LogP contribution in [0.3, 0.4) is 0 Å². The summed E-state index contributed by atoms with van der Waals surface area (Å²) in [7, 11) is 1.59. The van der Waals surface area contributed by atoms with E-state index in [1.807, 2.05) is 43.3 Å². The minimum atomic E-state index is -0.254. The summed E-state index contributed by atoms with van der Waals surface area (Å²) in [6.07, 6.45) is 0. The predicted molar refractivity (Wildman–Crippen MR) is 95.8 cm³/mol. The molecule has 2 amide bonds.